The lowest BCUT2D eigenvalue weighted by atomic mass is 9.47. The first kappa shape index (κ1) is 19.7. The van der Waals surface area contributed by atoms with Crippen molar-refractivity contribution in [3.05, 3.63) is 23.9 Å². The molecule has 0 saturated heterocycles. The maximum atomic E-state index is 12.2. The van der Waals surface area contributed by atoms with Crippen LogP contribution < -0.4 is 16.4 Å². The van der Waals surface area contributed by atoms with E-state index in [9.17, 15) is 10.1 Å². The van der Waals surface area contributed by atoms with Gasteiger partial charge in [0.25, 0.3) is 0 Å². The van der Waals surface area contributed by atoms with Crippen LogP contribution in [0.15, 0.2) is 23.3 Å². The maximum absolute atomic E-state index is 12.2. The molecule has 2 atom stereocenters. The quantitative estimate of drug-likeness (QED) is 0.403. The largest absolute Gasteiger partial charge is 0.373 e. The summed E-state index contributed by atoms with van der Waals surface area (Å²) in [6, 6.07) is 4.18. The van der Waals surface area contributed by atoms with Crippen molar-refractivity contribution < 1.29 is 4.79 Å². The number of carbonyl (C=O) groups excluding carboxylic acids is 1. The number of primary amides is 1. The Labute approximate surface area is 172 Å². The second-order valence-corrected chi connectivity index (χ2v) is 9.65. The minimum absolute atomic E-state index is 0.128. The van der Waals surface area contributed by atoms with E-state index in [1.807, 2.05) is 31.6 Å². The van der Waals surface area contributed by atoms with Gasteiger partial charge in [0.2, 0.25) is 12.1 Å². The molecule has 0 aromatic carbocycles. The lowest BCUT2D eigenvalue weighted by Gasteiger charge is -2.59. The highest BCUT2D eigenvalue weighted by atomic mass is 16.1. The molecule has 7 heteroatoms. The lowest BCUT2D eigenvalue weighted by Crippen LogP contribution is -2.63. The van der Waals surface area contributed by atoms with Crippen LogP contribution in [0.3, 0.4) is 0 Å². The number of anilines is 1. The Kier molecular flexibility index (Phi) is 4.76. The van der Waals surface area contributed by atoms with Crippen LogP contribution in [0.5, 0.6) is 0 Å². The van der Waals surface area contributed by atoms with Crippen molar-refractivity contribution in [1.29, 1.82) is 5.26 Å². The monoisotopic (exact) mass is 394 g/mol. The number of nitrogens with two attached hydrogens (primary N) is 1. The van der Waals surface area contributed by atoms with Crippen molar-refractivity contribution >= 4 is 17.6 Å². The van der Waals surface area contributed by atoms with E-state index in [2.05, 4.69) is 34.5 Å². The van der Waals surface area contributed by atoms with E-state index < -0.39 is 5.41 Å². The van der Waals surface area contributed by atoms with Gasteiger partial charge in [-0.15, -0.1) is 0 Å². The van der Waals surface area contributed by atoms with Gasteiger partial charge in [0.1, 0.15) is 11.7 Å². The van der Waals surface area contributed by atoms with Crippen LogP contribution in [0, 0.1) is 34.6 Å². The molecule has 1 aromatic heterocycles. The van der Waals surface area contributed by atoms with Gasteiger partial charge in [-0.3, -0.25) is 4.79 Å². The van der Waals surface area contributed by atoms with E-state index >= 15 is 0 Å². The van der Waals surface area contributed by atoms with Crippen LogP contribution in [0.25, 0.3) is 0 Å². The van der Waals surface area contributed by atoms with Gasteiger partial charge >= 0.3 is 0 Å². The van der Waals surface area contributed by atoms with Crippen LogP contribution >= 0.6 is 0 Å². The Hall–Kier alpha value is -2.62. The number of hydrogen-bond acceptors (Lipinski definition) is 5. The molecule has 0 aliphatic heterocycles. The molecule has 4 aliphatic rings. The molecule has 1 heterocycles. The van der Waals surface area contributed by atoms with Crippen molar-refractivity contribution in [2.75, 3.05) is 12.4 Å². The van der Waals surface area contributed by atoms with Crippen LogP contribution in [-0.2, 0) is 10.2 Å². The first-order valence-electron chi connectivity index (χ1n) is 10.5. The molecule has 4 fully saturated rings. The van der Waals surface area contributed by atoms with Crippen molar-refractivity contribution in [2.45, 2.75) is 57.4 Å². The van der Waals surface area contributed by atoms with Crippen LogP contribution in [-0.4, -0.2) is 29.8 Å². The number of nitrogens with zero attached hydrogens (tertiary/aromatic N) is 3. The van der Waals surface area contributed by atoms with Crippen LogP contribution in [0.1, 0.15) is 51.5 Å². The number of rotatable bonds is 5. The zero-order valence-corrected chi connectivity index (χ0v) is 17.4. The fourth-order valence-corrected chi connectivity index (χ4v) is 6.17. The predicted octanol–water partition coefficient (Wildman–Crippen LogP) is 2.55. The second-order valence-electron chi connectivity index (χ2n) is 9.65. The summed E-state index contributed by atoms with van der Waals surface area (Å²) in [6.07, 6.45) is 8.73. The fraction of sp³-hybridized carbons (Fsp3) is 0.636. The van der Waals surface area contributed by atoms with Gasteiger partial charge in [-0.05, 0) is 75.3 Å². The first-order valence-corrected chi connectivity index (χ1v) is 10.5. The number of hydrogen-bond donors (Lipinski definition) is 3. The molecule has 4 N–H and O–H groups in total. The number of carbonyl (C=O) groups is 1. The molecule has 4 saturated carbocycles. The molecule has 0 spiro atoms. The summed E-state index contributed by atoms with van der Waals surface area (Å²) in [7, 11) is 1.84. The molecule has 2 unspecified atom stereocenters. The highest BCUT2D eigenvalue weighted by molar-refractivity contribution is 5.93. The van der Waals surface area contributed by atoms with E-state index in [0.717, 1.165) is 43.5 Å². The summed E-state index contributed by atoms with van der Waals surface area (Å²) >= 11 is 0. The van der Waals surface area contributed by atoms with E-state index in [1.54, 1.807) is 0 Å². The van der Waals surface area contributed by atoms with Gasteiger partial charge in [-0.2, -0.15) is 10.3 Å². The predicted molar refractivity (Wildman–Crippen MR) is 112 cm³/mol. The smallest absolute Gasteiger partial charge is 0.223 e. The summed E-state index contributed by atoms with van der Waals surface area (Å²) in [4.78, 5) is 20.8. The third kappa shape index (κ3) is 3.25. The first-order chi connectivity index (χ1) is 13.8. The zero-order chi connectivity index (χ0) is 20.8. The molecule has 0 radical (unpaired) electrons. The molecule has 5 rings (SSSR count). The normalized spacial score (nSPS) is 33.2. The molecule has 29 heavy (non-hydrogen) atoms. The molecular weight excluding hydrogens is 364 g/mol. The Morgan fingerprint density at radius 3 is 2.52 bits per heavy atom. The molecule has 4 bridgehead atoms. The Balaban J connectivity index is 1.59. The van der Waals surface area contributed by atoms with Gasteiger partial charge in [-0.1, -0.05) is 6.07 Å². The van der Waals surface area contributed by atoms with E-state index in [0.29, 0.717) is 23.6 Å². The van der Waals surface area contributed by atoms with E-state index in [1.165, 1.54) is 0 Å². The van der Waals surface area contributed by atoms with Crippen molar-refractivity contribution in [1.82, 2.24) is 10.3 Å². The van der Waals surface area contributed by atoms with Crippen molar-refractivity contribution in [3.63, 3.8) is 0 Å². The number of aromatic nitrogens is 1. The van der Waals surface area contributed by atoms with Gasteiger partial charge in [0, 0.05) is 30.1 Å². The second kappa shape index (κ2) is 7.01. The minimum atomic E-state index is -0.481. The molecule has 154 valence electrons. The summed E-state index contributed by atoms with van der Waals surface area (Å²) in [5.74, 6) is 2.74. The highest BCUT2D eigenvalue weighted by Crippen LogP contribution is 2.60. The number of pyridine rings is 1. The average molecular weight is 395 g/mol. The number of aliphatic imine (C=N–C) groups is 1. The summed E-state index contributed by atoms with van der Waals surface area (Å²) < 4.78 is 0. The molecule has 1 amide bonds. The van der Waals surface area contributed by atoms with Gasteiger partial charge < -0.3 is 16.4 Å². The number of amidine groups is 1. The van der Waals surface area contributed by atoms with E-state index in [-0.39, 0.29) is 17.4 Å². The van der Waals surface area contributed by atoms with Crippen molar-refractivity contribution in [2.24, 2.45) is 33.9 Å². The van der Waals surface area contributed by atoms with Crippen molar-refractivity contribution in [3.8, 4) is 6.19 Å². The molecule has 7 nitrogen and oxygen atoms in total. The fourth-order valence-electron chi connectivity index (χ4n) is 6.17. The molecule has 4 aliphatic carbocycles. The van der Waals surface area contributed by atoms with Gasteiger partial charge in [-0.25, -0.2) is 4.98 Å². The van der Waals surface area contributed by atoms with Gasteiger partial charge in [0.15, 0.2) is 0 Å². The highest BCUT2D eigenvalue weighted by Gasteiger charge is 2.58. The topological polar surface area (TPSA) is 116 Å². The lowest BCUT2D eigenvalue weighted by molar-refractivity contribution is -0.145. The minimum Gasteiger partial charge on any atom is -0.373 e. The Bertz CT molecular complexity index is 852. The summed E-state index contributed by atoms with van der Waals surface area (Å²) in [6.45, 7) is 4.13. The Morgan fingerprint density at radius 1 is 1.31 bits per heavy atom. The van der Waals surface area contributed by atoms with Crippen LogP contribution in [0.4, 0.5) is 5.82 Å². The number of nitriles is 1. The summed E-state index contributed by atoms with van der Waals surface area (Å²) in [5, 5.41) is 16.0. The number of amides is 1. The molecule has 1 aromatic rings. The standard InChI is InChI=1S/C22H30N6O/c1-21(2,16-4-5-17(25-3)26-11-16)20(27-12-23)28-18-14-6-13-7-15(18)10-22(8-13,9-14)19(24)29/h4-5,11,13-15,18H,6-10H2,1-3H3,(H2,24,29)(H,25,26)(H,27,28). The number of nitrogens with one attached hydrogen (secondary N) is 2. The third-order valence-corrected chi connectivity index (χ3v) is 7.59. The van der Waals surface area contributed by atoms with Crippen LogP contribution in [0.2, 0.25) is 0 Å². The van der Waals surface area contributed by atoms with Gasteiger partial charge in [0.05, 0.1) is 0 Å². The maximum Gasteiger partial charge on any atom is 0.223 e. The zero-order valence-electron chi connectivity index (χ0n) is 17.4. The third-order valence-electron chi connectivity index (χ3n) is 7.59. The SMILES string of the molecule is CNc1ccc(C(C)(C)C(=NC#N)NC2C3CC4CC2CC(C(N)=O)(C4)C3)cn1. The molecular formula is C22H30N6O. The Morgan fingerprint density at radius 2 is 2.00 bits per heavy atom. The summed E-state index contributed by atoms with van der Waals surface area (Å²) in [5.41, 5.74) is 6.02. The average Bonchev–Trinajstić information content (AvgIpc) is 2.69. The van der Waals surface area contributed by atoms with E-state index in [4.69, 9.17) is 5.73 Å².